The number of fused-ring (bicyclic) bond motifs is 1. The van der Waals surface area contributed by atoms with E-state index in [9.17, 15) is 18.0 Å². The monoisotopic (exact) mass is 311 g/mol. The third-order valence-corrected chi connectivity index (χ3v) is 5.18. The molecule has 0 spiro atoms. The van der Waals surface area contributed by atoms with Crippen molar-refractivity contribution in [2.24, 2.45) is 5.73 Å². The van der Waals surface area contributed by atoms with Crippen molar-refractivity contribution in [3.05, 3.63) is 29.3 Å². The van der Waals surface area contributed by atoms with Crippen LogP contribution in [-0.4, -0.2) is 43.7 Å². The van der Waals surface area contributed by atoms with E-state index in [1.54, 1.807) is 13.8 Å². The lowest BCUT2D eigenvalue weighted by Crippen LogP contribution is -2.37. The SMILES string of the molecule is CCN1C(=O)c2ccc(C(=O)N[C@@H](C)CN)cc2S1(=O)=O. The molecule has 0 aliphatic carbocycles. The largest absolute Gasteiger partial charge is 0.348 e. The fraction of sp³-hybridized carbons (Fsp3) is 0.385. The van der Waals surface area contributed by atoms with Crippen molar-refractivity contribution < 1.29 is 18.0 Å². The highest BCUT2D eigenvalue weighted by Gasteiger charge is 2.40. The van der Waals surface area contributed by atoms with Crippen molar-refractivity contribution in [2.45, 2.75) is 24.8 Å². The summed E-state index contributed by atoms with van der Waals surface area (Å²) in [6, 6.07) is 3.81. The molecule has 8 heteroatoms. The third-order valence-electron chi connectivity index (χ3n) is 3.29. The number of sulfonamides is 1. The molecule has 1 aromatic rings. The lowest BCUT2D eigenvalue weighted by Gasteiger charge is -2.12. The molecule has 0 saturated heterocycles. The lowest BCUT2D eigenvalue weighted by molar-refractivity contribution is 0.0873. The van der Waals surface area contributed by atoms with Crippen LogP contribution < -0.4 is 11.1 Å². The summed E-state index contributed by atoms with van der Waals surface area (Å²) in [5.41, 5.74) is 5.71. The first kappa shape index (κ1) is 15.5. The standard InChI is InChI=1S/C13H17N3O4S/c1-3-16-13(18)10-5-4-9(6-11(10)21(16,19)20)12(17)15-8(2)7-14/h4-6,8H,3,7,14H2,1-2H3,(H,15,17)/t8-/m0/s1. The van der Waals surface area contributed by atoms with Gasteiger partial charge in [0.2, 0.25) is 0 Å². The molecule has 0 radical (unpaired) electrons. The Hall–Kier alpha value is -1.93. The van der Waals surface area contributed by atoms with E-state index in [1.165, 1.54) is 18.2 Å². The quantitative estimate of drug-likeness (QED) is 0.809. The average Bonchev–Trinajstić information content (AvgIpc) is 2.65. The number of amides is 2. The van der Waals surface area contributed by atoms with Crippen molar-refractivity contribution in [1.29, 1.82) is 0 Å². The highest BCUT2D eigenvalue weighted by atomic mass is 32.2. The first-order valence-corrected chi connectivity index (χ1v) is 7.99. The van der Waals surface area contributed by atoms with E-state index in [0.717, 1.165) is 4.31 Å². The highest BCUT2D eigenvalue weighted by molar-refractivity contribution is 7.90. The van der Waals surface area contributed by atoms with Crippen molar-refractivity contribution in [2.75, 3.05) is 13.1 Å². The number of carbonyl (C=O) groups is 2. The normalized spacial score (nSPS) is 17.5. The summed E-state index contributed by atoms with van der Waals surface area (Å²) >= 11 is 0. The predicted octanol–water partition coefficient (Wildman–Crippen LogP) is -0.0720. The number of rotatable bonds is 4. The van der Waals surface area contributed by atoms with Crippen molar-refractivity contribution in [3.63, 3.8) is 0 Å². The molecular weight excluding hydrogens is 294 g/mol. The number of hydrogen-bond donors (Lipinski definition) is 2. The van der Waals surface area contributed by atoms with Gasteiger partial charge in [0, 0.05) is 24.7 Å². The second-order valence-corrected chi connectivity index (χ2v) is 6.63. The van der Waals surface area contributed by atoms with Crippen LogP contribution in [0.2, 0.25) is 0 Å². The number of nitrogens with zero attached hydrogens (tertiary/aromatic N) is 1. The molecule has 0 bridgehead atoms. The van der Waals surface area contributed by atoms with Gasteiger partial charge >= 0.3 is 0 Å². The number of nitrogens with one attached hydrogen (secondary N) is 1. The summed E-state index contributed by atoms with van der Waals surface area (Å²) in [7, 11) is -3.86. The van der Waals surface area contributed by atoms with Gasteiger partial charge in [0.15, 0.2) is 0 Å². The van der Waals surface area contributed by atoms with E-state index >= 15 is 0 Å². The zero-order chi connectivity index (χ0) is 15.8. The number of carbonyl (C=O) groups excluding carboxylic acids is 2. The van der Waals surface area contributed by atoms with Gasteiger partial charge in [0.1, 0.15) is 4.90 Å². The number of nitrogens with two attached hydrogens (primary N) is 1. The third kappa shape index (κ3) is 2.52. The van der Waals surface area contributed by atoms with Gasteiger partial charge in [0.05, 0.1) is 5.56 Å². The van der Waals surface area contributed by atoms with Gasteiger partial charge in [-0.25, -0.2) is 12.7 Å². The zero-order valence-electron chi connectivity index (χ0n) is 11.8. The molecule has 0 unspecified atom stereocenters. The maximum Gasteiger partial charge on any atom is 0.268 e. The molecule has 1 aliphatic rings. The minimum absolute atomic E-state index is 0.0571. The molecule has 2 amide bonds. The fourth-order valence-electron chi connectivity index (χ4n) is 2.10. The van der Waals surface area contributed by atoms with Gasteiger partial charge in [-0.3, -0.25) is 9.59 Å². The van der Waals surface area contributed by atoms with Crippen LogP contribution in [0, 0.1) is 0 Å². The van der Waals surface area contributed by atoms with Crippen LogP contribution in [0.15, 0.2) is 23.1 Å². The summed E-state index contributed by atoms with van der Waals surface area (Å²) in [5.74, 6) is -0.983. The van der Waals surface area contributed by atoms with E-state index in [1.807, 2.05) is 0 Å². The van der Waals surface area contributed by atoms with Gasteiger partial charge < -0.3 is 11.1 Å². The Morgan fingerprint density at radius 3 is 2.67 bits per heavy atom. The first-order chi connectivity index (χ1) is 9.82. The minimum atomic E-state index is -3.86. The molecule has 1 aromatic carbocycles. The Morgan fingerprint density at radius 1 is 1.43 bits per heavy atom. The Morgan fingerprint density at radius 2 is 2.10 bits per heavy atom. The van der Waals surface area contributed by atoms with Gasteiger partial charge in [-0.2, -0.15) is 0 Å². The first-order valence-electron chi connectivity index (χ1n) is 6.55. The van der Waals surface area contributed by atoms with Crippen LogP contribution in [-0.2, 0) is 10.0 Å². The molecule has 1 atom stereocenters. The summed E-state index contributed by atoms with van der Waals surface area (Å²) in [6.07, 6.45) is 0. The highest BCUT2D eigenvalue weighted by Crippen LogP contribution is 2.30. The van der Waals surface area contributed by atoms with Gasteiger partial charge in [0.25, 0.3) is 21.8 Å². The second-order valence-electron chi connectivity index (χ2n) is 4.80. The van der Waals surface area contributed by atoms with Gasteiger partial charge in [-0.15, -0.1) is 0 Å². The molecule has 0 aromatic heterocycles. The molecule has 1 heterocycles. The Kier molecular flexibility index (Phi) is 4.02. The number of benzene rings is 1. The van der Waals surface area contributed by atoms with Crippen LogP contribution in [0.25, 0.3) is 0 Å². The van der Waals surface area contributed by atoms with E-state index in [-0.39, 0.29) is 35.2 Å². The Balaban J connectivity index is 2.42. The second kappa shape index (κ2) is 5.45. The fourth-order valence-corrected chi connectivity index (χ4v) is 3.70. The molecule has 2 rings (SSSR count). The Bertz CT molecular complexity index is 699. The van der Waals surface area contributed by atoms with E-state index in [2.05, 4.69) is 5.32 Å². The lowest BCUT2D eigenvalue weighted by atomic mass is 10.1. The average molecular weight is 311 g/mol. The predicted molar refractivity (Wildman–Crippen MR) is 76.3 cm³/mol. The molecule has 0 saturated carbocycles. The summed E-state index contributed by atoms with van der Waals surface area (Å²) in [5, 5.41) is 2.64. The van der Waals surface area contributed by atoms with Crippen LogP contribution in [0.1, 0.15) is 34.6 Å². The summed E-state index contributed by atoms with van der Waals surface area (Å²) in [4.78, 5) is 23.9. The van der Waals surface area contributed by atoms with Gasteiger partial charge in [-0.05, 0) is 32.0 Å². The van der Waals surface area contributed by atoms with Crippen LogP contribution in [0.5, 0.6) is 0 Å². The maximum atomic E-state index is 12.2. The van der Waals surface area contributed by atoms with Crippen molar-refractivity contribution in [3.8, 4) is 0 Å². The summed E-state index contributed by atoms with van der Waals surface area (Å²) in [6.45, 7) is 3.65. The molecular formula is C13H17N3O4S. The van der Waals surface area contributed by atoms with Crippen LogP contribution >= 0.6 is 0 Å². The molecule has 0 fully saturated rings. The molecule has 3 N–H and O–H groups in total. The molecule has 7 nitrogen and oxygen atoms in total. The van der Waals surface area contributed by atoms with Crippen molar-refractivity contribution in [1.82, 2.24) is 9.62 Å². The van der Waals surface area contributed by atoms with Crippen LogP contribution in [0.4, 0.5) is 0 Å². The van der Waals surface area contributed by atoms with Crippen LogP contribution in [0.3, 0.4) is 0 Å². The smallest absolute Gasteiger partial charge is 0.268 e. The van der Waals surface area contributed by atoms with Crippen molar-refractivity contribution >= 4 is 21.8 Å². The minimum Gasteiger partial charge on any atom is -0.348 e. The maximum absolute atomic E-state index is 12.2. The molecule has 114 valence electrons. The topological polar surface area (TPSA) is 110 Å². The number of hydrogen-bond acceptors (Lipinski definition) is 5. The van der Waals surface area contributed by atoms with E-state index in [4.69, 9.17) is 5.73 Å². The van der Waals surface area contributed by atoms with Gasteiger partial charge in [-0.1, -0.05) is 0 Å². The summed E-state index contributed by atoms with van der Waals surface area (Å²) < 4.78 is 25.3. The Labute approximate surface area is 123 Å². The van der Waals surface area contributed by atoms with E-state index < -0.39 is 21.8 Å². The molecule has 1 aliphatic heterocycles. The molecule has 21 heavy (non-hydrogen) atoms. The van der Waals surface area contributed by atoms with E-state index in [0.29, 0.717) is 0 Å². The zero-order valence-corrected chi connectivity index (χ0v) is 12.6.